The number of Topliss-reactive ketones (excluding diaryl/α,β-unsaturated/α-hetero) is 1. The minimum Gasteiger partial charge on any atom is -0.361 e. The number of halogens is 1. The van der Waals surface area contributed by atoms with Crippen LogP contribution in [0.5, 0.6) is 0 Å². The summed E-state index contributed by atoms with van der Waals surface area (Å²) in [5.41, 5.74) is 4.86. The minimum absolute atomic E-state index is 0. The van der Waals surface area contributed by atoms with Crippen LogP contribution in [0.3, 0.4) is 0 Å². The number of hydrogen-bond donors (Lipinski definition) is 0. The molecule has 0 aliphatic heterocycles. The summed E-state index contributed by atoms with van der Waals surface area (Å²) >= 11 is 0. The van der Waals surface area contributed by atoms with Crippen LogP contribution in [-0.4, -0.2) is 25.0 Å². The van der Waals surface area contributed by atoms with Gasteiger partial charge in [-0.1, -0.05) is 41.4 Å². The molecule has 0 aliphatic carbocycles. The summed E-state index contributed by atoms with van der Waals surface area (Å²) in [4.78, 5) is 11.5. The standard InChI is InChI=1S/C19H18NO.CH3ClO2S.W/c1-14(21)13-20-15(2)18(12-16-8-4-3-5-9-16)17-10-6-7-11-19(17)20;1-5(2,3)4;/h3-5,7-11H,12-13H2,1-2H3;1H3;/q-1;;. The van der Waals surface area contributed by atoms with Crippen LogP contribution in [0, 0.1) is 13.0 Å². The van der Waals surface area contributed by atoms with Gasteiger partial charge in [-0.25, -0.2) is 8.42 Å². The second kappa shape index (κ2) is 10.2. The zero-order valence-corrected chi connectivity index (χ0v) is 19.9. The van der Waals surface area contributed by atoms with Gasteiger partial charge in [-0.3, -0.25) is 4.79 Å². The smallest absolute Gasteiger partial charge is 0.229 e. The SMILES string of the molecule is CC(=O)Cn1c(C)c(Cc2ccccc2)c2c[c-]ccc21.CS(=O)(=O)Cl.[W]. The number of aromatic nitrogens is 1. The monoisotopic (exact) mass is 574 g/mol. The van der Waals surface area contributed by atoms with Gasteiger partial charge in [0.05, 0.1) is 12.8 Å². The summed E-state index contributed by atoms with van der Waals surface area (Å²) < 4.78 is 20.9. The molecule has 0 amide bonds. The second-order valence-corrected chi connectivity index (χ2v) is 9.18. The van der Waals surface area contributed by atoms with Gasteiger partial charge in [-0.2, -0.15) is 18.2 Å². The Labute approximate surface area is 179 Å². The topological polar surface area (TPSA) is 56.1 Å². The van der Waals surface area contributed by atoms with Crippen molar-refractivity contribution in [3.05, 3.63) is 71.4 Å². The van der Waals surface area contributed by atoms with E-state index >= 15 is 0 Å². The van der Waals surface area contributed by atoms with Crippen LogP contribution >= 0.6 is 10.7 Å². The third-order valence-corrected chi connectivity index (χ3v) is 3.90. The summed E-state index contributed by atoms with van der Waals surface area (Å²) in [5.74, 6) is 0.175. The quantitative estimate of drug-likeness (QED) is 0.348. The third kappa shape index (κ3) is 7.25. The molecule has 4 nitrogen and oxygen atoms in total. The van der Waals surface area contributed by atoms with Crippen molar-refractivity contribution in [2.75, 3.05) is 6.26 Å². The Balaban J connectivity index is 0.000000542. The molecule has 0 spiro atoms. The van der Waals surface area contributed by atoms with Crippen LogP contribution in [0.2, 0.25) is 0 Å². The van der Waals surface area contributed by atoms with E-state index in [9.17, 15) is 13.2 Å². The van der Waals surface area contributed by atoms with E-state index in [1.165, 1.54) is 22.2 Å². The molecule has 3 rings (SSSR count). The number of carbonyl (C=O) groups is 1. The molecule has 0 N–H and O–H groups in total. The number of nitrogens with zero attached hydrogens (tertiary/aromatic N) is 1. The molecule has 7 heteroatoms. The maximum Gasteiger partial charge on any atom is 0.229 e. The van der Waals surface area contributed by atoms with Gasteiger partial charge < -0.3 is 4.57 Å². The van der Waals surface area contributed by atoms with Gasteiger partial charge in [0.25, 0.3) is 0 Å². The third-order valence-electron chi connectivity index (χ3n) is 3.90. The molecule has 1 heterocycles. The van der Waals surface area contributed by atoms with Crippen molar-refractivity contribution in [1.82, 2.24) is 4.57 Å². The molecule has 27 heavy (non-hydrogen) atoms. The van der Waals surface area contributed by atoms with Crippen LogP contribution in [0.25, 0.3) is 10.9 Å². The number of benzene rings is 2. The largest absolute Gasteiger partial charge is 0.361 e. The van der Waals surface area contributed by atoms with Crippen LogP contribution in [0.1, 0.15) is 23.7 Å². The molecular formula is C20H21ClNO3SW-. The average molecular weight is 575 g/mol. The van der Waals surface area contributed by atoms with Crippen LogP contribution < -0.4 is 0 Å². The first-order valence-electron chi connectivity index (χ1n) is 8.07. The molecule has 0 saturated heterocycles. The molecule has 144 valence electrons. The summed E-state index contributed by atoms with van der Waals surface area (Å²) in [5, 5.41) is 1.19. The Bertz CT molecular complexity index is 1010. The van der Waals surface area contributed by atoms with Crippen molar-refractivity contribution in [3.63, 3.8) is 0 Å². The van der Waals surface area contributed by atoms with E-state index in [1.54, 1.807) is 6.92 Å². The molecule has 0 fully saturated rings. The fraction of sp³-hybridized carbons (Fsp3) is 0.250. The van der Waals surface area contributed by atoms with Gasteiger partial charge >= 0.3 is 0 Å². The van der Waals surface area contributed by atoms with Crippen molar-refractivity contribution >= 4 is 36.4 Å². The van der Waals surface area contributed by atoms with E-state index in [0.29, 0.717) is 6.54 Å². The number of fused-ring (bicyclic) bond motifs is 1. The predicted molar refractivity (Wildman–Crippen MR) is 106 cm³/mol. The maximum atomic E-state index is 11.5. The Morgan fingerprint density at radius 2 is 1.78 bits per heavy atom. The number of ketones is 1. The van der Waals surface area contributed by atoms with Crippen LogP contribution in [0.15, 0.2) is 48.5 Å². The molecule has 0 aliphatic rings. The maximum absolute atomic E-state index is 11.5. The van der Waals surface area contributed by atoms with Crippen molar-refractivity contribution in [1.29, 1.82) is 0 Å². The first-order valence-corrected chi connectivity index (χ1v) is 10.8. The normalized spacial score (nSPS) is 10.7. The zero-order valence-electron chi connectivity index (χ0n) is 15.4. The number of carbonyl (C=O) groups excluding carboxylic acids is 1. The van der Waals surface area contributed by atoms with Crippen LogP contribution in [0.4, 0.5) is 0 Å². The van der Waals surface area contributed by atoms with Crippen molar-refractivity contribution < 1.29 is 34.3 Å². The van der Waals surface area contributed by atoms with E-state index in [-0.39, 0.29) is 26.8 Å². The summed E-state index contributed by atoms with van der Waals surface area (Å²) in [6.45, 7) is 4.17. The van der Waals surface area contributed by atoms with Gasteiger partial charge in [0.15, 0.2) is 0 Å². The Hall–Kier alpha value is -1.42. The van der Waals surface area contributed by atoms with E-state index in [4.69, 9.17) is 0 Å². The summed E-state index contributed by atoms with van der Waals surface area (Å²) in [6.07, 6.45) is 1.81. The van der Waals surface area contributed by atoms with Crippen molar-refractivity contribution in [3.8, 4) is 0 Å². The summed E-state index contributed by atoms with van der Waals surface area (Å²) in [7, 11) is 1.31. The Morgan fingerprint density at radius 3 is 2.33 bits per heavy atom. The first kappa shape index (κ1) is 23.6. The molecule has 0 atom stereocenters. The van der Waals surface area contributed by atoms with Gasteiger partial charge in [0.1, 0.15) is 5.78 Å². The van der Waals surface area contributed by atoms with Crippen LogP contribution in [-0.2, 0) is 47.9 Å². The van der Waals surface area contributed by atoms with Gasteiger partial charge in [0, 0.05) is 37.4 Å². The zero-order chi connectivity index (χ0) is 19.3. The first-order chi connectivity index (χ1) is 12.2. The molecule has 0 radical (unpaired) electrons. The predicted octanol–water partition coefficient (Wildman–Crippen LogP) is 4.11. The Kier molecular flexibility index (Phi) is 8.93. The molecule has 2 aromatic carbocycles. The van der Waals surface area contributed by atoms with E-state index < -0.39 is 9.05 Å². The van der Waals surface area contributed by atoms with Crippen molar-refractivity contribution in [2.45, 2.75) is 26.8 Å². The average Bonchev–Trinajstić information content (AvgIpc) is 2.80. The molecule has 3 aromatic rings. The summed E-state index contributed by atoms with van der Waals surface area (Å²) in [6, 6.07) is 19.6. The van der Waals surface area contributed by atoms with Gasteiger partial charge in [-0.15, -0.1) is 11.5 Å². The molecule has 1 aromatic heterocycles. The molecular weight excluding hydrogens is 554 g/mol. The minimum atomic E-state index is -3.19. The molecule has 0 bridgehead atoms. The van der Waals surface area contributed by atoms with Gasteiger partial charge in [0.2, 0.25) is 9.05 Å². The van der Waals surface area contributed by atoms with E-state index in [1.807, 2.05) is 24.3 Å². The van der Waals surface area contributed by atoms with Gasteiger partial charge in [-0.05, 0) is 25.8 Å². The fourth-order valence-corrected chi connectivity index (χ4v) is 2.89. The number of rotatable bonds is 4. The van der Waals surface area contributed by atoms with Crippen molar-refractivity contribution in [2.24, 2.45) is 0 Å². The molecule has 0 saturated carbocycles. The second-order valence-electron chi connectivity index (χ2n) is 6.14. The fourth-order valence-electron chi connectivity index (χ4n) is 2.89. The molecule has 0 unspecified atom stereocenters. The Morgan fingerprint density at radius 1 is 1.19 bits per heavy atom. The number of hydrogen-bond acceptors (Lipinski definition) is 3. The van der Waals surface area contributed by atoms with E-state index in [0.717, 1.165) is 18.2 Å². The van der Waals surface area contributed by atoms with E-state index in [2.05, 4.69) is 52.5 Å².